The van der Waals surface area contributed by atoms with E-state index in [2.05, 4.69) is 10.4 Å². The van der Waals surface area contributed by atoms with Gasteiger partial charge < -0.3 is 0 Å². The first-order valence-electron chi connectivity index (χ1n) is 7.87. The van der Waals surface area contributed by atoms with Crippen LogP contribution in [-0.2, 0) is 4.79 Å². The Bertz CT molecular complexity index is 343. The lowest BCUT2D eigenvalue weighted by Gasteiger charge is -2.56. The second kappa shape index (κ2) is 4.66. The highest BCUT2D eigenvalue weighted by Gasteiger charge is 2.54. The molecular weight excluding hydrogens is 256 g/mol. The zero-order valence-electron chi connectivity index (χ0n) is 11.6. The second-order valence-corrected chi connectivity index (χ2v) is 8.46. The molecule has 4 aliphatic carbocycles. The Balaban J connectivity index is 1.47. The van der Waals surface area contributed by atoms with Gasteiger partial charge in [0.15, 0.2) is 0 Å². The molecule has 19 heavy (non-hydrogen) atoms. The minimum Gasteiger partial charge on any atom is -0.288 e. The number of hydrogen-bond acceptors (Lipinski definition) is 3. The average molecular weight is 280 g/mol. The summed E-state index contributed by atoms with van der Waals surface area (Å²) in [7, 11) is 0. The number of amides is 1. The fraction of sp³-hybridized carbons (Fsp3) is 0.933. The number of carbonyl (C=O) groups excluding carboxylic acids is 1. The van der Waals surface area contributed by atoms with Crippen molar-refractivity contribution in [2.45, 2.75) is 38.5 Å². The molecule has 1 N–H and O–H groups in total. The molecule has 0 radical (unpaired) electrons. The Hall–Kier alpha value is -0.220. The van der Waals surface area contributed by atoms with Crippen LogP contribution >= 0.6 is 11.8 Å². The Kier molecular flexibility index (Phi) is 3.07. The van der Waals surface area contributed by atoms with Gasteiger partial charge >= 0.3 is 0 Å². The van der Waals surface area contributed by atoms with Gasteiger partial charge in [0.1, 0.15) is 0 Å². The van der Waals surface area contributed by atoms with Crippen LogP contribution < -0.4 is 5.43 Å². The molecule has 5 fully saturated rings. The third kappa shape index (κ3) is 2.21. The zero-order chi connectivity index (χ0) is 12.9. The van der Waals surface area contributed by atoms with Crippen molar-refractivity contribution in [2.75, 3.05) is 24.6 Å². The molecule has 0 aromatic carbocycles. The van der Waals surface area contributed by atoms with Crippen molar-refractivity contribution in [3.05, 3.63) is 0 Å². The first kappa shape index (κ1) is 12.5. The highest BCUT2D eigenvalue weighted by atomic mass is 32.2. The summed E-state index contributed by atoms with van der Waals surface area (Å²) < 4.78 is 0. The summed E-state index contributed by atoms with van der Waals surface area (Å²) >= 11 is 1.99. The number of carbonyl (C=O) groups is 1. The van der Waals surface area contributed by atoms with Crippen LogP contribution in [0.4, 0.5) is 0 Å². The maximum atomic E-state index is 12.8. The molecule has 4 heteroatoms. The lowest BCUT2D eigenvalue weighted by Crippen LogP contribution is -2.57. The molecule has 1 heterocycles. The van der Waals surface area contributed by atoms with Gasteiger partial charge in [-0.05, 0) is 56.3 Å². The van der Waals surface area contributed by atoms with E-state index in [9.17, 15) is 4.79 Å². The van der Waals surface area contributed by atoms with E-state index in [4.69, 9.17) is 0 Å². The lowest BCUT2D eigenvalue weighted by molar-refractivity contribution is -0.151. The van der Waals surface area contributed by atoms with Gasteiger partial charge in [0.05, 0.1) is 5.41 Å². The van der Waals surface area contributed by atoms with Gasteiger partial charge in [-0.15, -0.1) is 0 Å². The molecular formula is C15H24N2OS. The molecule has 4 saturated carbocycles. The van der Waals surface area contributed by atoms with Gasteiger partial charge in [-0.3, -0.25) is 10.2 Å². The third-order valence-electron chi connectivity index (χ3n) is 5.79. The Morgan fingerprint density at radius 2 is 1.53 bits per heavy atom. The van der Waals surface area contributed by atoms with Crippen LogP contribution in [-0.4, -0.2) is 35.5 Å². The molecule has 3 nitrogen and oxygen atoms in total. The van der Waals surface area contributed by atoms with Crippen molar-refractivity contribution in [1.29, 1.82) is 0 Å². The van der Waals surface area contributed by atoms with E-state index in [1.807, 2.05) is 11.8 Å². The molecule has 0 spiro atoms. The molecule has 1 aliphatic heterocycles. The fourth-order valence-electron chi connectivity index (χ4n) is 5.33. The van der Waals surface area contributed by atoms with Crippen molar-refractivity contribution in [3.63, 3.8) is 0 Å². The van der Waals surface area contributed by atoms with Crippen LogP contribution in [0.25, 0.3) is 0 Å². The van der Waals surface area contributed by atoms with Crippen LogP contribution in [0.15, 0.2) is 0 Å². The van der Waals surface area contributed by atoms with Crippen molar-refractivity contribution >= 4 is 17.7 Å². The van der Waals surface area contributed by atoms with Crippen molar-refractivity contribution in [3.8, 4) is 0 Å². The van der Waals surface area contributed by atoms with Crippen molar-refractivity contribution in [1.82, 2.24) is 10.4 Å². The van der Waals surface area contributed by atoms with Crippen LogP contribution in [0.2, 0.25) is 0 Å². The Morgan fingerprint density at radius 3 is 2.05 bits per heavy atom. The minimum atomic E-state index is 0.0132. The van der Waals surface area contributed by atoms with E-state index in [-0.39, 0.29) is 5.41 Å². The topological polar surface area (TPSA) is 32.3 Å². The summed E-state index contributed by atoms with van der Waals surface area (Å²) in [5.74, 6) is 5.23. The summed E-state index contributed by atoms with van der Waals surface area (Å²) in [6, 6.07) is 0. The Morgan fingerprint density at radius 1 is 1.00 bits per heavy atom. The highest BCUT2D eigenvalue weighted by molar-refractivity contribution is 7.99. The smallest absolute Gasteiger partial charge is 0.240 e. The number of nitrogens with zero attached hydrogens (tertiary/aromatic N) is 1. The van der Waals surface area contributed by atoms with E-state index >= 15 is 0 Å². The molecule has 5 rings (SSSR count). The van der Waals surface area contributed by atoms with E-state index in [1.54, 1.807) is 0 Å². The lowest BCUT2D eigenvalue weighted by atomic mass is 9.49. The minimum absolute atomic E-state index is 0.0132. The average Bonchev–Trinajstić information content (AvgIpc) is 2.38. The van der Waals surface area contributed by atoms with Gasteiger partial charge in [-0.1, -0.05) is 0 Å². The normalized spacial score (nSPS) is 45.4. The molecule has 106 valence electrons. The van der Waals surface area contributed by atoms with Gasteiger partial charge in [-0.25, -0.2) is 5.01 Å². The molecule has 1 saturated heterocycles. The first-order chi connectivity index (χ1) is 9.23. The summed E-state index contributed by atoms with van der Waals surface area (Å²) in [5.41, 5.74) is 3.27. The summed E-state index contributed by atoms with van der Waals surface area (Å²) in [6.07, 6.45) is 7.75. The maximum absolute atomic E-state index is 12.8. The van der Waals surface area contributed by atoms with Crippen LogP contribution in [0, 0.1) is 23.2 Å². The number of rotatable bonds is 2. The van der Waals surface area contributed by atoms with E-state index in [1.165, 1.54) is 38.5 Å². The van der Waals surface area contributed by atoms with E-state index in [0.29, 0.717) is 5.91 Å². The molecule has 4 bridgehead atoms. The van der Waals surface area contributed by atoms with Gasteiger partial charge in [0, 0.05) is 24.6 Å². The molecule has 1 amide bonds. The zero-order valence-corrected chi connectivity index (χ0v) is 12.4. The molecule has 5 aliphatic rings. The Labute approximate surface area is 119 Å². The number of thioether (sulfide) groups is 1. The van der Waals surface area contributed by atoms with Crippen molar-refractivity contribution in [2.24, 2.45) is 23.2 Å². The van der Waals surface area contributed by atoms with E-state index < -0.39 is 0 Å². The third-order valence-corrected chi connectivity index (χ3v) is 6.73. The summed E-state index contributed by atoms with van der Waals surface area (Å²) in [4.78, 5) is 12.8. The quantitative estimate of drug-likeness (QED) is 0.842. The predicted molar refractivity (Wildman–Crippen MR) is 77.6 cm³/mol. The van der Waals surface area contributed by atoms with Crippen LogP contribution in [0.5, 0.6) is 0 Å². The molecule has 0 aromatic heterocycles. The van der Waals surface area contributed by atoms with Gasteiger partial charge in [0.25, 0.3) is 0 Å². The van der Waals surface area contributed by atoms with Crippen LogP contribution in [0.1, 0.15) is 38.5 Å². The molecule has 0 atom stereocenters. The number of hydrogen-bond donors (Lipinski definition) is 1. The van der Waals surface area contributed by atoms with E-state index in [0.717, 1.165) is 42.3 Å². The largest absolute Gasteiger partial charge is 0.288 e. The fourth-order valence-corrected chi connectivity index (χ4v) is 6.23. The molecule has 0 unspecified atom stereocenters. The first-order valence-corrected chi connectivity index (χ1v) is 9.03. The summed E-state index contributed by atoms with van der Waals surface area (Å²) in [5, 5.41) is 2.16. The van der Waals surface area contributed by atoms with Crippen molar-refractivity contribution < 1.29 is 4.79 Å². The standard InChI is InChI=1S/C15H24N2OS/c18-14(16-17-1-3-19-4-2-17)15-8-11-5-12(9-15)7-13(6-11)10-15/h11-13H,1-10H2,(H,16,18). The monoisotopic (exact) mass is 280 g/mol. The molecule has 0 aromatic rings. The van der Waals surface area contributed by atoms with Gasteiger partial charge in [0.2, 0.25) is 5.91 Å². The predicted octanol–water partition coefficient (Wildman–Crippen LogP) is 2.28. The highest BCUT2D eigenvalue weighted by Crippen LogP contribution is 2.60. The number of hydrazine groups is 1. The second-order valence-electron chi connectivity index (χ2n) is 7.24. The maximum Gasteiger partial charge on any atom is 0.240 e. The van der Waals surface area contributed by atoms with Crippen LogP contribution in [0.3, 0.4) is 0 Å². The van der Waals surface area contributed by atoms with Gasteiger partial charge in [-0.2, -0.15) is 11.8 Å². The summed E-state index contributed by atoms with van der Waals surface area (Å²) in [6.45, 7) is 2.03. The number of nitrogens with one attached hydrogen (secondary N) is 1. The SMILES string of the molecule is O=C(NN1CCSCC1)C12CC3CC(CC(C3)C1)C2.